The Balaban J connectivity index is 1.78. The molecule has 2 aromatic rings. The van der Waals surface area contributed by atoms with Crippen LogP contribution in [0.4, 0.5) is 0 Å². The summed E-state index contributed by atoms with van der Waals surface area (Å²) in [5.41, 5.74) is 0.458. The summed E-state index contributed by atoms with van der Waals surface area (Å²) in [4.78, 5) is 27.1. The van der Waals surface area contributed by atoms with Crippen molar-refractivity contribution in [2.24, 2.45) is 0 Å². The Morgan fingerprint density at radius 3 is 2.73 bits per heavy atom. The lowest BCUT2D eigenvalue weighted by molar-refractivity contribution is 0.0665. The highest BCUT2D eigenvalue weighted by Crippen LogP contribution is 2.23. The second kappa shape index (κ2) is 5.82. The summed E-state index contributed by atoms with van der Waals surface area (Å²) in [6.07, 6.45) is 3.59. The number of carbonyl (C=O) groups is 1. The summed E-state index contributed by atoms with van der Waals surface area (Å²) in [5, 5.41) is 4.46. The van der Waals surface area contributed by atoms with Gasteiger partial charge in [-0.3, -0.25) is 4.79 Å². The van der Waals surface area contributed by atoms with Gasteiger partial charge in [-0.1, -0.05) is 0 Å². The third kappa shape index (κ3) is 2.84. The number of rotatable bonds is 2. The fourth-order valence-corrected chi connectivity index (χ4v) is 2.96. The summed E-state index contributed by atoms with van der Waals surface area (Å²) in [5.74, 6) is 2.24. The Hall–Kier alpha value is -2.31. The highest BCUT2D eigenvalue weighted by Gasteiger charge is 2.27. The van der Waals surface area contributed by atoms with E-state index in [1.165, 1.54) is 0 Å². The maximum absolute atomic E-state index is 12.6. The standard InChI is InChI=1S/C15H20N6O/c1-10-16-7-6-14(18-10)15(22)20-8-4-5-13(9-20)21-12(3)17-11(2)19-21/h6-7,13H,4-5,8-9H2,1-3H3/t13-/m0/s1. The lowest BCUT2D eigenvalue weighted by Gasteiger charge is -2.32. The van der Waals surface area contributed by atoms with Crippen molar-refractivity contribution < 1.29 is 4.79 Å². The third-order valence-electron chi connectivity index (χ3n) is 3.93. The smallest absolute Gasteiger partial charge is 0.272 e. The predicted molar refractivity (Wildman–Crippen MR) is 80.4 cm³/mol. The monoisotopic (exact) mass is 300 g/mol. The van der Waals surface area contributed by atoms with Crippen LogP contribution in [-0.2, 0) is 0 Å². The van der Waals surface area contributed by atoms with E-state index in [-0.39, 0.29) is 11.9 Å². The maximum Gasteiger partial charge on any atom is 0.272 e. The van der Waals surface area contributed by atoms with Gasteiger partial charge in [0.1, 0.15) is 23.2 Å². The van der Waals surface area contributed by atoms with E-state index in [1.54, 1.807) is 19.2 Å². The molecule has 0 bridgehead atoms. The molecule has 3 rings (SSSR count). The van der Waals surface area contributed by atoms with Crippen LogP contribution in [0.25, 0.3) is 0 Å². The molecule has 1 atom stereocenters. The van der Waals surface area contributed by atoms with E-state index in [0.717, 1.165) is 31.0 Å². The fourth-order valence-electron chi connectivity index (χ4n) is 2.96. The quantitative estimate of drug-likeness (QED) is 0.839. The molecule has 22 heavy (non-hydrogen) atoms. The third-order valence-corrected chi connectivity index (χ3v) is 3.93. The highest BCUT2D eigenvalue weighted by molar-refractivity contribution is 5.92. The number of aromatic nitrogens is 5. The van der Waals surface area contributed by atoms with Gasteiger partial charge < -0.3 is 4.90 Å². The Labute approximate surface area is 129 Å². The lowest BCUT2D eigenvalue weighted by atomic mass is 10.1. The van der Waals surface area contributed by atoms with Crippen molar-refractivity contribution in [3.63, 3.8) is 0 Å². The summed E-state index contributed by atoms with van der Waals surface area (Å²) in [6, 6.07) is 1.85. The topological polar surface area (TPSA) is 76.8 Å². The largest absolute Gasteiger partial charge is 0.335 e. The van der Waals surface area contributed by atoms with Crippen molar-refractivity contribution in [1.82, 2.24) is 29.6 Å². The van der Waals surface area contributed by atoms with Gasteiger partial charge in [-0.2, -0.15) is 5.10 Å². The van der Waals surface area contributed by atoms with Gasteiger partial charge in [-0.25, -0.2) is 19.6 Å². The van der Waals surface area contributed by atoms with Crippen LogP contribution in [0.15, 0.2) is 12.3 Å². The van der Waals surface area contributed by atoms with Crippen molar-refractivity contribution in [1.29, 1.82) is 0 Å². The molecule has 0 spiro atoms. The van der Waals surface area contributed by atoms with Gasteiger partial charge >= 0.3 is 0 Å². The van der Waals surface area contributed by atoms with Crippen LogP contribution in [0, 0.1) is 20.8 Å². The molecule has 1 aliphatic heterocycles. The first-order valence-electron chi connectivity index (χ1n) is 7.53. The number of nitrogens with zero attached hydrogens (tertiary/aromatic N) is 6. The van der Waals surface area contributed by atoms with Crippen molar-refractivity contribution in [2.45, 2.75) is 39.7 Å². The molecule has 1 aliphatic rings. The van der Waals surface area contributed by atoms with E-state index < -0.39 is 0 Å². The van der Waals surface area contributed by atoms with Crippen LogP contribution in [0.5, 0.6) is 0 Å². The second-order valence-corrected chi connectivity index (χ2v) is 5.69. The molecule has 0 saturated carbocycles. The number of amides is 1. The molecule has 116 valence electrons. The van der Waals surface area contributed by atoms with Crippen LogP contribution < -0.4 is 0 Å². The van der Waals surface area contributed by atoms with Gasteiger partial charge in [0, 0.05) is 19.3 Å². The first-order chi connectivity index (χ1) is 10.5. The van der Waals surface area contributed by atoms with Gasteiger partial charge in [0.25, 0.3) is 5.91 Å². The molecule has 1 saturated heterocycles. The van der Waals surface area contributed by atoms with E-state index in [1.807, 2.05) is 23.4 Å². The van der Waals surface area contributed by atoms with Crippen LogP contribution in [0.1, 0.15) is 46.8 Å². The average Bonchev–Trinajstić information content (AvgIpc) is 2.85. The molecular formula is C15H20N6O. The van der Waals surface area contributed by atoms with Gasteiger partial charge in [0.05, 0.1) is 6.04 Å². The van der Waals surface area contributed by atoms with Gasteiger partial charge in [0.15, 0.2) is 0 Å². The molecule has 7 heteroatoms. The number of aryl methyl sites for hydroxylation is 3. The van der Waals surface area contributed by atoms with Crippen molar-refractivity contribution in [3.05, 3.63) is 35.4 Å². The van der Waals surface area contributed by atoms with E-state index in [2.05, 4.69) is 20.1 Å². The average molecular weight is 300 g/mol. The fraction of sp³-hybridized carbons (Fsp3) is 0.533. The zero-order valence-corrected chi connectivity index (χ0v) is 13.2. The Bertz CT molecular complexity index is 695. The molecule has 3 heterocycles. The summed E-state index contributed by atoms with van der Waals surface area (Å²) >= 11 is 0. The van der Waals surface area contributed by atoms with Crippen LogP contribution >= 0.6 is 0 Å². The molecule has 7 nitrogen and oxygen atoms in total. The van der Waals surface area contributed by atoms with Crippen LogP contribution in [-0.4, -0.2) is 48.6 Å². The Morgan fingerprint density at radius 1 is 1.23 bits per heavy atom. The van der Waals surface area contributed by atoms with Gasteiger partial charge in [-0.05, 0) is 39.7 Å². The van der Waals surface area contributed by atoms with E-state index in [4.69, 9.17) is 0 Å². The van der Waals surface area contributed by atoms with E-state index in [0.29, 0.717) is 18.1 Å². The predicted octanol–water partition coefficient (Wildman–Crippen LogP) is 1.47. The van der Waals surface area contributed by atoms with Crippen molar-refractivity contribution >= 4 is 5.91 Å². The van der Waals surface area contributed by atoms with Crippen molar-refractivity contribution in [3.8, 4) is 0 Å². The Kier molecular flexibility index (Phi) is 3.87. The number of piperidine rings is 1. The summed E-state index contributed by atoms with van der Waals surface area (Å²) < 4.78 is 1.94. The molecule has 1 fully saturated rings. The molecule has 0 radical (unpaired) electrons. The summed E-state index contributed by atoms with van der Waals surface area (Å²) in [7, 11) is 0. The first kappa shape index (κ1) is 14.6. The molecule has 0 aliphatic carbocycles. The minimum absolute atomic E-state index is 0.0373. The van der Waals surface area contributed by atoms with Crippen molar-refractivity contribution in [2.75, 3.05) is 13.1 Å². The maximum atomic E-state index is 12.6. The minimum Gasteiger partial charge on any atom is -0.335 e. The zero-order valence-electron chi connectivity index (χ0n) is 13.2. The minimum atomic E-state index is -0.0373. The number of hydrogen-bond donors (Lipinski definition) is 0. The second-order valence-electron chi connectivity index (χ2n) is 5.69. The molecule has 0 unspecified atom stereocenters. The zero-order chi connectivity index (χ0) is 15.7. The molecular weight excluding hydrogens is 280 g/mol. The number of likely N-dealkylation sites (tertiary alicyclic amines) is 1. The first-order valence-corrected chi connectivity index (χ1v) is 7.53. The lowest BCUT2D eigenvalue weighted by Crippen LogP contribution is -2.41. The molecule has 0 N–H and O–H groups in total. The van der Waals surface area contributed by atoms with E-state index in [9.17, 15) is 4.79 Å². The summed E-state index contributed by atoms with van der Waals surface area (Å²) in [6.45, 7) is 7.03. The highest BCUT2D eigenvalue weighted by atomic mass is 16.2. The molecule has 0 aromatic carbocycles. The van der Waals surface area contributed by atoms with Crippen LogP contribution in [0.2, 0.25) is 0 Å². The normalized spacial score (nSPS) is 18.5. The van der Waals surface area contributed by atoms with Gasteiger partial charge in [0.2, 0.25) is 0 Å². The Morgan fingerprint density at radius 2 is 2.05 bits per heavy atom. The van der Waals surface area contributed by atoms with Gasteiger partial charge in [-0.15, -0.1) is 0 Å². The number of hydrogen-bond acceptors (Lipinski definition) is 5. The number of carbonyl (C=O) groups excluding carboxylic acids is 1. The SMILES string of the molecule is Cc1nccc(C(=O)N2CCC[C@H](n3nc(C)nc3C)C2)n1. The van der Waals surface area contributed by atoms with E-state index >= 15 is 0 Å². The molecule has 1 amide bonds. The molecule has 2 aromatic heterocycles. The van der Waals surface area contributed by atoms with Crippen LogP contribution in [0.3, 0.4) is 0 Å².